The second-order valence-corrected chi connectivity index (χ2v) is 6.50. The number of amides is 1. The number of rotatable bonds is 7. The molecule has 0 aliphatic heterocycles. The van der Waals surface area contributed by atoms with Crippen LogP contribution in [0.5, 0.6) is 0 Å². The fourth-order valence-corrected chi connectivity index (χ4v) is 3.09. The van der Waals surface area contributed by atoms with Crippen LogP contribution < -0.4 is 10.9 Å². The average Bonchev–Trinajstić information content (AvgIpc) is 3.15. The summed E-state index contributed by atoms with van der Waals surface area (Å²) in [6, 6.07) is 8.53. The fraction of sp³-hybridized carbons (Fsp3) is 0.316. The Bertz CT molecular complexity index is 1020. The lowest BCUT2D eigenvalue weighted by molar-refractivity contribution is 0.0948. The summed E-state index contributed by atoms with van der Waals surface area (Å²) in [6.07, 6.45) is 4.60. The molecular formula is C19H21N3O3S. The minimum atomic E-state index is -0.241. The van der Waals surface area contributed by atoms with Crippen LogP contribution in [0.4, 0.5) is 0 Å². The Morgan fingerprint density at radius 3 is 2.88 bits per heavy atom. The van der Waals surface area contributed by atoms with Gasteiger partial charge >= 0.3 is 0 Å². The molecule has 0 fully saturated rings. The van der Waals surface area contributed by atoms with Gasteiger partial charge in [0.2, 0.25) is 0 Å². The van der Waals surface area contributed by atoms with Crippen LogP contribution in [-0.2, 0) is 13.1 Å². The molecule has 3 aromatic rings. The first-order valence-electron chi connectivity index (χ1n) is 8.67. The summed E-state index contributed by atoms with van der Waals surface area (Å²) in [6.45, 7) is 3.02. The van der Waals surface area contributed by atoms with E-state index in [-0.39, 0.29) is 11.5 Å². The first-order chi connectivity index (χ1) is 12.6. The number of carbonyl (C=O) groups is 1. The van der Waals surface area contributed by atoms with Crippen molar-refractivity contribution < 1.29 is 9.21 Å². The van der Waals surface area contributed by atoms with Crippen LogP contribution in [0.2, 0.25) is 0 Å². The molecule has 0 saturated carbocycles. The molecule has 0 radical (unpaired) electrons. The van der Waals surface area contributed by atoms with E-state index in [1.54, 1.807) is 41.2 Å². The molecule has 26 heavy (non-hydrogen) atoms. The standard InChI is InChI=1S/C19H21N3O3S/c1-2-3-4-9-22-18(24)15-8-7-13(11-16(15)21-19(22)26)17(23)20-12-14-6-5-10-25-14/h5-8,10-11H,2-4,9,12H2,1H3,(H,20,23)(H,21,26). The summed E-state index contributed by atoms with van der Waals surface area (Å²) in [5.74, 6) is 0.434. The number of aromatic amines is 1. The average molecular weight is 371 g/mol. The Morgan fingerprint density at radius 1 is 1.31 bits per heavy atom. The van der Waals surface area contributed by atoms with Crippen molar-refractivity contribution in [2.24, 2.45) is 0 Å². The molecule has 6 nitrogen and oxygen atoms in total. The third-order valence-corrected chi connectivity index (χ3v) is 4.56. The van der Waals surface area contributed by atoms with Crippen molar-refractivity contribution >= 4 is 29.0 Å². The van der Waals surface area contributed by atoms with Crippen molar-refractivity contribution in [3.63, 3.8) is 0 Å². The zero-order chi connectivity index (χ0) is 18.5. The van der Waals surface area contributed by atoms with E-state index in [1.165, 1.54) is 0 Å². The van der Waals surface area contributed by atoms with Gasteiger partial charge in [-0.2, -0.15) is 0 Å². The number of hydrogen-bond acceptors (Lipinski definition) is 4. The van der Waals surface area contributed by atoms with E-state index >= 15 is 0 Å². The topological polar surface area (TPSA) is 80.0 Å². The molecule has 7 heteroatoms. The summed E-state index contributed by atoms with van der Waals surface area (Å²) in [5, 5.41) is 3.31. The van der Waals surface area contributed by atoms with E-state index in [0.717, 1.165) is 19.3 Å². The van der Waals surface area contributed by atoms with Gasteiger partial charge in [-0.1, -0.05) is 19.8 Å². The molecule has 136 valence electrons. The molecule has 0 spiro atoms. The highest BCUT2D eigenvalue weighted by Gasteiger charge is 2.10. The van der Waals surface area contributed by atoms with Crippen molar-refractivity contribution in [1.82, 2.24) is 14.9 Å². The van der Waals surface area contributed by atoms with Gasteiger partial charge in [0, 0.05) is 12.1 Å². The monoisotopic (exact) mass is 371 g/mol. The highest BCUT2D eigenvalue weighted by Crippen LogP contribution is 2.12. The van der Waals surface area contributed by atoms with Crippen LogP contribution in [0.25, 0.3) is 10.9 Å². The number of H-pyrrole nitrogens is 1. The molecule has 0 saturated heterocycles. The minimum Gasteiger partial charge on any atom is -0.467 e. The number of furan rings is 1. The van der Waals surface area contributed by atoms with E-state index < -0.39 is 0 Å². The molecular weight excluding hydrogens is 350 g/mol. The maximum atomic E-state index is 12.7. The van der Waals surface area contributed by atoms with Gasteiger partial charge in [-0.3, -0.25) is 14.2 Å². The number of hydrogen-bond donors (Lipinski definition) is 2. The van der Waals surface area contributed by atoms with Gasteiger partial charge in [-0.25, -0.2) is 0 Å². The second kappa shape index (κ2) is 8.14. The van der Waals surface area contributed by atoms with Crippen LogP contribution in [0, 0.1) is 4.77 Å². The van der Waals surface area contributed by atoms with Gasteiger partial charge in [0.15, 0.2) is 4.77 Å². The third-order valence-electron chi connectivity index (χ3n) is 4.23. The Kier molecular flexibility index (Phi) is 5.68. The lowest BCUT2D eigenvalue weighted by Gasteiger charge is -2.09. The van der Waals surface area contributed by atoms with Crippen LogP contribution in [0.15, 0.2) is 45.8 Å². The van der Waals surface area contributed by atoms with Crippen molar-refractivity contribution in [3.8, 4) is 0 Å². The molecule has 2 heterocycles. The fourth-order valence-electron chi connectivity index (χ4n) is 2.80. The maximum absolute atomic E-state index is 12.7. The van der Waals surface area contributed by atoms with Crippen LogP contribution in [0.3, 0.4) is 0 Å². The number of unbranched alkanes of at least 4 members (excludes halogenated alkanes) is 2. The lowest BCUT2D eigenvalue weighted by atomic mass is 10.1. The van der Waals surface area contributed by atoms with Gasteiger partial charge in [0.25, 0.3) is 11.5 Å². The second-order valence-electron chi connectivity index (χ2n) is 6.12. The van der Waals surface area contributed by atoms with Gasteiger partial charge in [0.1, 0.15) is 5.76 Å². The van der Waals surface area contributed by atoms with Gasteiger partial charge in [0.05, 0.1) is 23.7 Å². The molecule has 0 bridgehead atoms. The number of carbonyl (C=O) groups excluding carboxylic acids is 1. The van der Waals surface area contributed by atoms with E-state index in [1.807, 2.05) is 0 Å². The number of benzene rings is 1. The van der Waals surface area contributed by atoms with Crippen LogP contribution >= 0.6 is 12.2 Å². The molecule has 2 aromatic heterocycles. The maximum Gasteiger partial charge on any atom is 0.262 e. The lowest BCUT2D eigenvalue weighted by Crippen LogP contribution is -2.24. The first-order valence-corrected chi connectivity index (χ1v) is 9.08. The highest BCUT2D eigenvalue weighted by atomic mass is 32.1. The van der Waals surface area contributed by atoms with Crippen molar-refractivity contribution in [2.45, 2.75) is 39.3 Å². The predicted molar refractivity (Wildman–Crippen MR) is 103 cm³/mol. The summed E-state index contributed by atoms with van der Waals surface area (Å²) in [4.78, 5) is 28.1. The zero-order valence-electron chi connectivity index (χ0n) is 14.6. The molecule has 3 rings (SSSR count). The molecule has 2 N–H and O–H groups in total. The number of fused-ring (bicyclic) bond motifs is 1. The normalized spacial score (nSPS) is 11.0. The quantitative estimate of drug-likeness (QED) is 0.489. The van der Waals surface area contributed by atoms with E-state index in [4.69, 9.17) is 16.6 Å². The van der Waals surface area contributed by atoms with E-state index in [9.17, 15) is 9.59 Å². The summed E-state index contributed by atoms with van der Waals surface area (Å²) in [5.41, 5.74) is 0.901. The molecule has 0 atom stereocenters. The highest BCUT2D eigenvalue weighted by molar-refractivity contribution is 7.71. The zero-order valence-corrected chi connectivity index (χ0v) is 15.4. The predicted octanol–water partition coefficient (Wildman–Crippen LogP) is 3.77. The molecule has 0 aliphatic carbocycles. The van der Waals surface area contributed by atoms with Gasteiger partial charge < -0.3 is 14.7 Å². The smallest absolute Gasteiger partial charge is 0.262 e. The number of nitrogens with one attached hydrogen (secondary N) is 2. The Morgan fingerprint density at radius 2 is 2.15 bits per heavy atom. The van der Waals surface area contributed by atoms with Crippen molar-refractivity contribution in [3.05, 3.63) is 63.0 Å². The van der Waals surface area contributed by atoms with Gasteiger partial charge in [-0.15, -0.1) is 0 Å². The Labute approximate surface area is 155 Å². The Balaban J connectivity index is 1.84. The number of nitrogens with zero attached hydrogens (tertiary/aromatic N) is 1. The van der Waals surface area contributed by atoms with Crippen LogP contribution in [-0.4, -0.2) is 15.5 Å². The molecule has 1 amide bonds. The van der Waals surface area contributed by atoms with Crippen molar-refractivity contribution in [2.75, 3.05) is 0 Å². The van der Waals surface area contributed by atoms with E-state index in [2.05, 4.69) is 17.2 Å². The van der Waals surface area contributed by atoms with E-state index in [0.29, 0.717) is 40.1 Å². The van der Waals surface area contributed by atoms with Crippen molar-refractivity contribution in [1.29, 1.82) is 0 Å². The number of aromatic nitrogens is 2. The minimum absolute atomic E-state index is 0.123. The largest absolute Gasteiger partial charge is 0.467 e. The third kappa shape index (κ3) is 3.94. The Hall–Kier alpha value is -2.67. The summed E-state index contributed by atoms with van der Waals surface area (Å²) >= 11 is 5.33. The molecule has 0 aliphatic rings. The van der Waals surface area contributed by atoms with Crippen LogP contribution in [0.1, 0.15) is 42.3 Å². The SMILES string of the molecule is CCCCCn1c(=S)[nH]c2cc(C(=O)NCc3ccco3)ccc2c1=O. The summed E-state index contributed by atoms with van der Waals surface area (Å²) < 4.78 is 7.16. The molecule has 0 unspecified atom stereocenters. The summed E-state index contributed by atoms with van der Waals surface area (Å²) in [7, 11) is 0. The molecule has 1 aromatic carbocycles. The first kappa shape index (κ1) is 18.1. The van der Waals surface area contributed by atoms with Gasteiger partial charge in [-0.05, 0) is 49.0 Å².